The molecule has 2 rings (SSSR count). The summed E-state index contributed by atoms with van der Waals surface area (Å²) >= 11 is 18.4. The fourth-order valence-corrected chi connectivity index (χ4v) is 5.40. The van der Waals surface area contributed by atoms with Crippen LogP contribution in [0.3, 0.4) is 0 Å². The number of thiophene rings is 1. The van der Waals surface area contributed by atoms with Crippen LogP contribution >= 0.6 is 46.1 Å². The van der Waals surface area contributed by atoms with Gasteiger partial charge in [0.15, 0.2) is 0 Å². The van der Waals surface area contributed by atoms with Gasteiger partial charge in [-0.15, -0.1) is 22.9 Å². The first-order valence-corrected chi connectivity index (χ1v) is 8.46. The van der Waals surface area contributed by atoms with Crippen molar-refractivity contribution in [1.82, 2.24) is 4.72 Å². The Labute approximate surface area is 119 Å². The Hall–Kier alpha value is 0.480. The molecule has 0 spiro atoms. The van der Waals surface area contributed by atoms with Gasteiger partial charge in [0.05, 0.1) is 4.34 Å². The minimum absolute atomic E-state index is 0.0518. The number of nitrogens with one attached hydrogen (secondary N) is 1. The molecule has 3 nitrogen and oxygen atoms in total. The summed E-state index contributed by atoms with van der Waals surface area (Å²) in [5, 5.41) is 0.184. The molecule has 1 fully saturated rings. The molecular formula is C9H10Cl3NO2S2. The van der Waals surface area contributed by atoms with Gasteiger partial charge in [-0.05, 0) is 24.8 Å². The van der Waals surface area contributed by atoms with Gasteiger partial charge < -0.3 is 0 Å². The summed E-state index contributed by atoms with van der Waals surface area (Å²) in [4.78, 5) is 0.0518. The molecule has 17 heavy (non-hydrogen) atoms. The van der Waals surface area contributed by atoms with Gasteiger partial charge in [-0.2, -0.15) is 0 Å². The van der Waals surface area contributed by atoms with E-state index in [1.807, 2.05) is 0 Å². The molecule has 0 atom stereocenters. The summed E-state index contributed by atoms with van der Waals surface area (Å²) in [6.45, 7) is 0.398. The van der Waals surface area contributed by atoms with Crippen LogP contribution in [0.15, 0.2) is 11.0 Å². The summed E-state index contributed by atoms with van der Waals surface area (Å²) in [5.74, 6) is 0.320. The van der Waals surface area contributed by atoms with E-state index < -0.39 is 10.0 Å². The van der Waals surface area contributed by atoms with Crippen LogP contribution < -0.4 is 4.72 Å². The van der Waals surface area contributed by atoms with Gasteiger partial charge in [0, 0.05) is 11.9 Å². The SMILES string of the molecule is O=S(=O)(NCC1CC(Cl)C1)c1cc(Cl)sc1Cl. The van der Waals surface area contributed by atoms with Crippen molar-refractivity contribution in [3.63, 3.8) is 0 Å². The van der Waals surface area contributed by atoms with E-state index in [2.05, 4.69) is 4.72 Å². The van der Waals surface area contributed by atoms with E-state index in [1.54, 1.807) is 0 Å². The number of hydrogen-bond acceptors (Lipinski definition) is 3. The topological polar surface area (TPSA) is 46.2 Å². The van der Waals surface area contributed by atoms with Crippen LogP contribution in [0.2, 0.25) is 8.67 Å². The van der Waals surface area contributed by atoms with Crippen LogP contribution in [0.4, 0.5) is 0 Å². The van der Waals surface area contributed by atoms with Crippen molar-refractivity contribution in [3.8, 4) is 0 Å². The second kappa shape index (κ2) is 5.23. The first-order chi connectivity index (χ1) is 7.88. The molecule has 0 aromatic carbocycles. The minimum atomic E-state index is -3.56. The third kappa shape index (κ3) is 3.28. The molecule has 0 amide bonds. The smallest absolute Gasteiger partial charge is 0.211 e. The first-order valence-electron chi connectivity index (χ1n) is 4.97. The maximum Gasteiger partial charge on any atom is 0.242 e. The lowest BCUT2D eigenvalue weighted by Crippen LogP contribution is -2.36. The number of sulfonamides is 1. The van der Waals surface area contributed by atoms with Crippen LogP contribution in [0.25, 0.3) is 0 Å². The van der Waals surface area contributed by atoms with E-state index in [9.17, 15) is 8.42 Å². The van der Waals surface area contributed by atoms with E-state index in [1.165, 1.54) is 6.07 Å². The molecule has 1 aliphatic rings. The lowest BCUT2D eigenvalue weighted by Gasteiger charge is -2.30. The molecule has 1 aromatic heterocycles. The predicted octanol–water partition coefficient (Wildman–Crippen LogP) is 3.35. The Morgan fingerprint density at radius 2 is 2.06 bits per heavy atom. The van der Waals surface area contributed by atoms with E-state index in [0.717, 1.165) is 24.2 Å². The monoisotopic (exact) mass is 333 g/mol. The summed E-state index contributed by atoms with van der Waals surface area (Å²) in [5.41, 5.74) is 0. The van der Waals surface area contributed by atoms with Gasteiger partial charge in [-0.3, -0.25) is 0 Å². The van der Waals surface area contributed by atoms with Crippen LogP contribution in [-0.2, 0) is 10.0 Å². The van der Waals surface area contributed by atoms with Gasteiger partial charge in [0.25, 0.3) is 0 Å². The molecule has 8 heteroatoms. The largest absolute Gasteiger partial charge is 0.242 e. The van der Waals surface area contributed by atoms with Crippen LogP contribution in [0.1, 0.15) is 12.8 Å². The zero-order valence-electron chi connectivity index (χ0n) is 8.62. The first kappa shape index (κ1) is 13.9. The van der Waals surface area contributed by atoms with Crippen molar-refractivity contribution in [1.29, 1.82) is 0 Å². The maximum atomic E-state index is 11.9. The quantitative estimate of drug-likeness (QED) is 0.858. The highest BCUT2D eigenvalue weighted by Crippen LogP contribution is 2.35. The van der Waals surface area contributed by atoms with Crippen LogP contribution in [0.5, 0.6) is 0 Å². The normalized spacial score (nSPS) is 24.6. The zero-order valence-corrected chi connectivity index (χ0v) is 12.5. The molecule has 1 N–H and O–H groups in total. The lowest BCUT2D eigenvalue weighted by atomic mass is 9.85. The van der Waals surface area contributed by atoms with Gasteiger partial charge in [0.1, 0.15) is 9.23 Å². The third-order valence-corrected chi connectivity index (χ3v) is 6.19. The summed E-state index contributed by atoms with van der Waals surface area (Å²) in [6, 6.07) is 1.36. The molecule has 0 unspecified atom stereocenters. The fraction of sp³-hybridized carbons (Fsp3) is 0.556. The molecular weight excluding hydrogens is 325 g/mol. The average molecular weight is 335 g/mol. The van der Waals surface area contributed by atoms with Gasteiger partial charge in [0.2, 0.25) is 10.0 Å². The van der Waals surface area contributed by atoms with Crippen molar-refractivity contribution in [2.24, 2.45) is 5.92 Å². The van der Waals surface area contributed by atoms with Crippen molar-refractivity contribution in [2.75, 3.05) is 6.54 Å². The van der Waals surface area contributed by atoms with Gasteiger partial charge >= 0.3 is 0 Å². The van der Waals surface area contributed by atoms with E-state index in [-0.39, 0.29) is 14.6 Å². The zero-order chi connectivity index (χ0) is 12.6. The van der Waals surface area contributed by atoms with Gasteiger partial charge in [-0.1, -0.05) is 23.2 Å². The second-order valence-corrected chi connectivity index (χ2v) is 8.61. The van der Waals surface area contributed by atoms with E-state index in [0.29, 0.717) is 16.8 Å². The molecule has 0 aliphatic heterocycles. The molecule has 1 aromatic rings. The second-order valence-electron chi connectivity index (χ2n) is 3.98. The van der Waals surface area contributed by atoms with Crippen molar-refractivity contribution in [2.45, 2.75) is 23.1 Å². The number of rotatable bonds is 4. The number of halogens is 3. The van der Waals surface area contributed by atoms with Crippen molar-refractivity contribution < 1.29 is 8.42 Å². The maximum absolute atomic E-state index is 11.9. The van der Waals surface area contributed by atoms with Crippen LogP contribution in [0, 0.1) is 5.92 Å². The lowest BCUT2D eigenvalue weighted by molar-refractivity contribution is 0.324. The Morgan fingerprint density at radius 1 is 1.41 bits per heavy atom. The fourth-order valence-electron chi connectivity index (χ4n) is 1.63. The number of alkyl halides is 1. The highest BCUT2D eigenvalue weighted by molar-refractivity contribution is 7.89. The molecule has 1 heterocycles. The molecule has 96 valence electrons. The molecule has 0 radical (unpaired) electrons. The average Bonchev–Trinajstić information content (AvgIpc) is 2.51. The summed E-state index contributed by atoms with van der Waals surface area (Å²) < 4.78 is 26.9. The Kier molecular flexibility index (Phi) is 4.28. The van der Waals surface area contributed by atoms with Crippen molar-refractivity contribution >= 4 is 56.2 Å². The van der Waals surface area contributed by atoms with Crippen molar-refractivity contribution in [3.05, 3.63) is 14.7 Å². The summed E-state index contributed by atoms with van der Waals surface area (Å²) in [6.07, 6.45) is 1.70. The predicted molar refractivity (Wildman–Crippen MR) is 71.9 cm³/mol. The molecule has 1 aliphatic carbocycles. The Balaban J connectivity index is 2.01. The highest BCUT2D eigenvalue weighted by Gasteiger charge is 2.29. The van der Waals surface area contributed by atoms with Crippen LogP contribution in [-0.4, -0.2) is 20.3 Å². The van der Waals surface area contributed by atoms with Gasteiger partial charge in [-0.25, -0.2) is 13.1 Å². The van der Waals surface area contributed by atoms with E-state index in [4.69, 9.17) is 34.8 Å². The highest BCUT2D eigenvalue weighted by atomic mass is 35.5. The standard InChI is InChI=1S/C9H10Cl3NO2S2/c10-6-1-5(2-6)4-13-17(14,15)7-3-8(11)16-9(7)12/h3,5-6,13H,1-2,4H2. The molecule has 0 saturated heterocycles. The summed E-state index contributed by atoms with van der Waals surface area (Å²) in [7, 11) is -3.56. The third-order valence-electron chi connectivity index (χ3n) is 2.66. The Morgan fingerprint density at radius 3 is 2.53 bits per heavy atom. The van der Waals surface area contributed by atoms with E-state index >= 15 is 0 Å². The Bertz CT molecular complexity index is 508. The molecule has 0 bridgehead atoms. The number of hydrogen-bond donors (Lipinski definition) is 1. The minimum Gasteiger partial charge on any atom is -0.211 e. The molecule has 1 saturated carbocycles.